The Morgan fingerprint density at radius 3 is 2.58 bits per heavy atom. The topological polar surface area (TPSA) is 47.4 Å². The molecule has 0 saturated carbocycles. The Hall–Kier alpha value is -3.15. The van der Waals surface area contributed by atoms with Crippen molar-refractivity contribution in [3.8, 4) is 5.75 Å². The SMILES string of the molecule is COc1ccc(C(=O)N2CCC(Cc3ncc(C)n3Cc3ccccc3)CC2)cc1F. The van der Waals surface area contributed by atoms with Gasteiger partial charge in [0.2, 0.25) is 0 Å². The van der Waals surface area contributed by atoms with E-state index in [4.69, 9.17) is 4.74 Å². The number of hydrogen-bond donors (Lipinski definition) is 0. The van der Waals surface area contributed by atoms with Gasteiger partial charge in [0.25, 0.3) is 5.91 Å². The molecule has 0 spiro atoms. The molecule has 2 aromatic carbocycles. The molecule has 4 rings (SSSR count). The van der Waals surface area contributed by atoms with E-state index >= 15 is 0 Å². The molecular formula is C25H28FN3O2. The van der Waals surface area contributed by atoms with Crippen molar-refractivity contribution in [1.29, 1.82) is 0 Å². The predicted octanol–water partition coefficient (Wildman–Crippen LogP) is 4.48. The molecule has 1 saturated heterocycles. The lowest BCUT2D eigenvalue weighted by Gasteiger charge is -2.32. The Labute approximate surface area is 182 Å². The largest absolute Gasteiger partial charge is 0.494 e. The molecule has 1 aromatic heterocycles. The number of likely N-dealkylation sites (tertiary alicyclic amines) is 1. The van der Waals surface area contributed by atoms with Gasteiger partial charge >= 0.3 is 0 Å². The number of rotatable bonds is 6. The minimum absolute atomic E-state index is 0.124. The third-order valence-electron chi connectivity index (χ3n) is 6.09. The van der Waals surface area contributed by atoms with Crippen LogP contribution in [0.5, 0.6) is 5.75 Å². The molecule has 0 bridgehead atoms. The van der Waals surface area contributed by atoms with Gasteiger partial charge in [0.15, 0.2) is 11.6 Å². The fraction of sp³-hybridized carbons (Fsp3) is 0.360. The second-order valence-corrected chi connectivity index (χ2v) is 8.18. The summed E-state index contributed by atoms with van der Waals surface area (Å²) in [6.45, 7) is 4.27. The molecule has 5 nitrogen and oxygen atoms in total. The Balaban J connectivity index is 1.37. The number of nitrogens with zero attached hydrogens (tertiary/aromatic N) is 3. The van der Waals surface area contributed by atoms with E-state index in [-0.39, 0.29) is 11.7 Å². The molecule has 0 N–H and O–H groups in total. The van der Waals surface area contributed by atoms with Crippen molar-refractivity contribution in [2.75, 3.05) is 20.2 Å². The summed E-state index contributed by atoms with van der Waals surface area (Å²) < 4.78 is 21.2. The van der Waals surface area contributed by atoms with Gasteiger partial charge in [-0.15, -0.1) is 0 Å². The van der Waals surface area contributed by atoms with E-state index in [0.717, 1.165) is 37.3 Å². The zero-order chi connectivity index (χ0) is 21.8. The summed E-state index contributed by atoms with van der Waals surface area (Å²) in [6.07, 6.45) is 4.68. The van der Waals surface area contributed by atoms with Gasteiger partial charge in [-0.05, 0) is 49.4 Å². The molecule has 162 valence electrons. The second-order valence-electron chi connectivity index (χ2n) is 8.18. The predicted molar refractivity (Wildman–Crippen MR) is 118 cm³/mol. The van der Waals surface area contributed by atoms with Gasteiger partial charge in [-0.1, -0.05) is 30.3 Å². The maximum absolute atomic E-state index is 14.0. The van der Waals surface area contributed by atoms with Crippen molar-refractivity contribution in [1.82, 2.24) is 14.5 Å². The Morgan fingerprint density at radius 2 is 1.90 bits per heavy atom. The first-order chi connectivity index (χ1) is 15.0. The van der Waals surface area contributed by atoms with Crippen LogP contribution < -0.4 is 4.74 Å². The number of carbonyl (C=O) groups is 1. The van der Waals surface area contributed by atoms with Gasteiger partial charge in [-0.25, -0.2) is 9.37 Å². The lowest BCUT2D eigenvalue weighted by Crippen LogP contribution is -2.39. The lowest BCUT2D eigenvalue weighted by molar-refractivity contribution is 0.0689. The number of aryl methyl sites for hydroxylation is 1. The number of piperidine rings is 1. The summed E-state index contributed by atoms with van der Waals surface area (Å²) in [4.78, 5) is 19.3. The summed E-state index contributed by atoms with van der Waals surface area (Å²) in [7, 11) is 1.41. The lowest BCUT2D eigenvalue weighted by atomic mass is 9.92. The second kappa shape index (κ2) is 9.33. The summed E-state index contributed by atoms with van der Waals surface area (Å²) in [6, 6.07) is 14.8. The molecule has 2 heterocycles. The minimum Gasteiger partial charge on any atom is -0.494 e. The van der Waals surface area contributed by atoms with Crippen molar-refractivity contribution < 1.29 is 13.9 Å². The van der Waals surface area contributed by atoms with E-state index in [1.165, 1.54) is 24.8 Å². The highest BCUT2D eigenvalue weighted by Crippen LogP contribution is 2.25. The highest BCUT2D eigenvalue weighted by Gasteiger charge is 2.25. The fourth-order valence-corrected chi connectivity index (χ4v) is 4.24. The molecule has 6 heteroatoms. The number of ether oxygens (including phenoxy) is 1. The van der Waals surface area contributed by atoms with Crippen molar-refractivity contribution in [2.45, 2.75) is 32.7 Å². The highest BCUT2D eigenvalue weighted by molar-refractivity contribution is 5.94. The molecule has 0 unspecified atom stereocenters. The van der Waals surface area contributed by atoms with Gasteiger partial charge in [0.1, 0.15) is 5.82 Å². The maximum Gasteiger partial charge on any atom is 0.253 e. The number of carbonyl (C=O) groups excluding carboxylic acids is 1. The molecule has 31 heavy (non-hydrogen) atoms. The summed E-state index contributed by atoms with van der Waals surface area (Å²) in [5.41, 5.74) is 2.79. The summed E-state index contributed by atoms with van der Waals surface area (Å²) >= 11 is 0. The molecule has 1 amide bonds. The smallest absolute Gasteiger partial charge is 0.253 e. The molecule has 1 aliphatic heterocycles. The molecule has 0 atom stereocenters. The third kappa shape index (κ3) is 4.79. The zero-order valence-electron chi connectivity index (χ0n) is 18.1. The maximum atomic E-state index is 14.0. The number of aromatic nitrogens is 2. The number of imidazole rings is 1. The van der Waals surface area contributed by atoms with E-state index in [1.54, 1.807) is 6.07 Å². The van der Waals surface area contributed by atoms with Crippen LogP contribution >= 0.6 is 0 Å². The van der Waals surface area contributed by atoms with E-state index in [9.17, 15) is 9.18 Å². The summed E-state index contributed by atoms with van der Waals surface area (Å²) in [5.74, 6) is 1.10. The van der Waals surface area contributed by atoms with Crippen LogP contribution in [0.4, 0.5) is 4.39 Å². The van der Waals surface area contributed by atoms with Crippen LogP contribution in [0.25, 0.3) is 0 Å². The van der Waals surface area contributed by atoms with E-state index in [1.807, 2.05) is 17.2 Å². The average molecular weight is 422 g/mol. The number of hydrogen-bond acceptors (Lipinski definition) is 3. The highest BCUT2D eigenvalue weighted by atomic mass is 19.1. The average Bonchev–Trinajstić information content (AvgIpc) is 3.13. The molecule has 3 aromatic rings. The molecule has 0 aliphatic carbocycles. The van der Waals surface area contributed by atoms with Crippen LogP contribution in [0, 0.1) is 18.7 Å². The third-order valence-corrected chi connectivity index (χ3v) is 6.09. The zero-order valence-corrected chi connectivity index (χ0v) is 18.1. The molecule has 0 radical (unpaired) electrons. The van der Waals surface area contributed by atoms with Gasteiger partial charge in [0.05, 0.1) is 7.11 Å². The van der Waals surface area contributed by atoms with Crippen LogP contribution in [0.1, 0.15) is 40.3 Å². The molecule has 1 fully saturated rings. The number of halogens is 1. The Morgan fingerprint density at radius 1 is 1.16 bits per heavy atom. The first-order valence-electron chi connectivity index (χ1n) is 10.7. The van der Waals surface area contributed by atoms with Crippen LogP contribution in [-0.4, -0.2) is 40.6 Å². The van der Waals surface area contributed by atoms with Crippen LogP contribution in [0.2, 0.25) is 0 Å². The summed E-state index contributed by atoms with van der Waals surface area (Å²) in [5, 5.41) is 0. The van der Waals surface area contributed by atoms with Gasteiger partial charge in [-0.3, -0.25) is 4.79 Å². The van der Waals surface area contributed by atoms with Crippen molar-refractivity contribution in [3.05, 3.63) is 83.2 Å². The van der Waals surface area contributed by atoms with E-state index in [2.05, 4.69) is 40.7 Å². The number of benzene rings is 2. The van der Waals surface area contributed by atoms with E-state index in [0.29, 0.717) is 24.6 Å². The van der Waals surface area contributed by atoms with Crippen LogP contribution in [0.15, 0.2) is 54.7 Å². The van der Waals surface area contributed by atoms with Gasteiger partial charge in [0, 0.05) is 43.5 Å². The number of amides is 1. The monoisotopic (exact) mass is 421 g/mol. The van der Waals surface area contributed by atoms with Crippen molar-refractivity contribution in [3.63, 3.8) is 0 Å². The fourth-order valence-electron chi connectivity index (χ4n) is 4.24. The normalized spacial score (nSPS) is 14.6. The van der Waals surface area contributed by atoms with Gasteiger partial charge in [-0.2, -0.15) is 0 Å². The van der Waals surface area contributed by atoms with Crippen molar-refractivity contribution in [2.24, 2.45) is 5.92 Å². The van der Waals surface area contributed by atoms with Crippen LogP contribution in [0.3, 0.4) is 0 Å². The number of methoxy groups -OCH3 is 1. The minimum atomic E-state index is -0.510. The van der Waals surface area contributed by atoms with Crippen molar-refractivity contribution >= 4 is 5.91 Å². The molecule has 1 aliphatic rings. The van der Waals surface area contributed by atoms with Gasteiger partial charge < -0.3 is 14.2 Å². The Bertz CT molecular complexity index is 1040. The Kier molecular flexibility index (Phi) is 6.35. The standard InChI is InChI=1S/C25H28FN3O2/c1-18-16-27-24(29(18)17-20-6-4-3-5-7-20)14-19-10-12-28(13-11-19)25(30)21-8-9-23(31-2)22(26)15-21/h3-9,15-16,19H,10-14,17H2,1-2H3. The first kappa shape index (κ1) is 21.1. The van der Waals surface area contributed by atoms with E-state index < -0.39 is 5.82 Å². The first-order valence-corrected chi connectivity index (χ1v) is 10.7. The molecular weight excluding hydrogens is 393 g/mol. The quantitative estimate of drug-likeness (QED) is 0.590. The van der Waals surface area contributed by atoms with Crippen LogP contribution in [-0.2, 0) is 13.0 Å².